The first-order valence-corrected chi connectivity index (χ1v) is 11.7. The molecule has 6 atom stereocenters. The van der Waals surface area contributed by atoms with Gasteiger partial charge < -0.3 is 14.6 Å². The number of hydrogen-bond donors (Lipinski definition) is 1. The highest BCUT2D eigenvalue weighted by Gasteiger charge is 2.64. The Kier molecular flexibility index (Phi) is 4.20. The van der Waals surface area contributed by atoms with Crippen LogP contribution in [-0.4, -0.2) is 29.7 Å². The van der Waals surface area contributed by atoms with Crippen molar-refractivity contribution < 1.29 is 14.6 Å². The second-order valence-corrected chi connectivity index (χ2v) is 12.1. The quantitative estimate of drug-likeness (QED) is 0.461. The Hall–Kier alpha value is -0.890. The molecule has 4 heteroatoms. The zero-order valence-corrected chi connectivity index (χ0v) is 18.6. The lowest BCUT2D eigenvalue weighted by atomic mass is 9.47. The molecule has 0 bridgehead atoms. The topological polar surface area (TPSA) is 62.5 Å². The molecule has 0 aromatic rings. The van der Waals surface area contributed by atoms with Gasteiger partial charge >= 0.3 is 0 Å². The average Bonchev–Trinajstić information content (AvgIpc) is 2.97. The van der Waals surface area contributed by atoms with Crippen LogP contribution in [0.25, 0.3) is 0 Å². The second-order valence-electron chi connectivity index (χ2n) is 12.1. The average molecular weight is 400 g/mol. The van der Waals surface area contributed by atoms with E-state index < -0.39 is 11.4 Å². The summed E-state index contributed by atoms with van der Waals surface area (Å²) in [5.74, 6) is 1.29. The Morgan fingerprint density at radius 3 is 2.38 bits per heavy atom. The Labute approximate surface area is 175 Å². The van der Waals surface area contributed by atoms with E-state index in [1.165, 1.54) is 0 Å². The number of allylic oxidation sites excluding steroid dienone is 1. The Bertz CT molecular complexity index is 771. The third-order valence-corrected chi connectivity index (χ3v) is 9.90. The van der Waals surface area contributed by atoms with Crippen molar-refractivity contribution in [2.75, 3.05) is 13.2 Å². The van der Waals surface area contributed by atoms with Gasteiger partial charge in [-0.1, -0.05) is 39.3 Å². The Balaban J connectivity index is 1.41. The summed E-state index contributed by atoms with van der Waals surface area (Å²) in [4.78, 5) is 0. The fraction of sp³-hybridized carbons (Fsp3) is 0.880. The van der Waals surface area contributed by atoms with Crippen molar-refractivity contribution in [2.45, 2.75) is 90.4 Å². The van der Waals surface area contributed by atoms with Crippen LogP contribution in [0.1, 0.15) is 79.1 Å². The molecule has 5 rings (SSSR count). The third-order valence-electron chi connectivity index (χ3n) is 9.90. The molecule has 3 saturated carbocycles. The van der Waals surface area contributed by atoms with Crippen LogP contribution in [0.2, 0.25) is 0 Å². The smallest absolute Gasteiger partial charge is 0.172 e. The summed E-state index contributed by atoms with van der Waals surface area (Å²) in [6.07, 6.45) is 10.3. The van der Waals surface area contributed by atoms with Gasteiger partial charge in [-0.05, 0) is 61.7 Å². The number of rotatable bonds is 0. The lowest BCUT2D eigenvalue weighted by molar-refractivity contribution is -0.310. The highest BCUT2D eigenvalue weighted by molar-refractivity contribution is 5.28. The molecule has 0 aromatic carbocycles. The summed E-state index contributed by atoms with van der Waals surface area (Å²) < 4.78 is 12.7. The highest BCUT2D eigenvalue weighted by atomic mass is 16.7. The molecule has 4 aliphatic carbocycles. The van der Waals surface area contributed by atoms with Gasteiger partial charge in [-0.2, -0.15) is 5.26 Å². The molecule has 0 unspecified atom stereocenters. The van der Waals surface area contributed by atoms with Gasteiger partial charge in [0.2, 0.25) is 0 Å². The summed E-state index contributed by atoms with van der Waals surface area (Å²) in [5, 5.41) is 20.7. The van der Waals surface area contributed by atoms with Crippen LogP contribution in [0.5, 0.6) is 0 Å². The normalized spacial score (nSPS) is 50.1. The molecule has 0 amide bonds. The minimum Gasteiger partial charge on any atom is -0.375 e. The number of aliphatic hydroxyl groups is 1. The molecule has 1 saturated heterocycles. The molecule has 160 valence electrons. The van der Waals surface area contributed by atoms with Gasteiger partial charge in [0.1, 0.15) is 0 Å². The first kappa shape index (κ1) is 20.0. The van der Waals surface area contributed by atoms with E-state index in [1.54, 1.807) is 5.57 Å². The maximum absolute atomic E-state index is 11.0. The van der Waals surface area contributed by atoms with Crippen LogP contribution in [0.15, 0.2) is 11.6 Å². The van der Waals surface area contributed by atoms with E-state index in [-0.39, 0.29) is 16.2 Å². The van der Waals surface area contributed by atoms with E-state index in [0.29, 0.717) is 24.2 Å². The van der Waals surface area contributed by atoms with Crippen molar-refractivity contribution >= 4 is 0 Å². The highest BCUT2D eigenvalue weighted by Crippen LogP contribution is 2.67. The third kappa shape index (κ3) is 2.66. The van der Waals surface area contributed by atoms with E-state index in [9.17, 15) is 10.4 Å². The fourth-order valence-electron chi connectivity index (χ4n) is 7.79. The first-order chi connectivity index (χ1) is 13.6. The lowest BCUT2D eigenvalue weighted by Crippen LogP contribution is -2.57. The van der Waals surface area contributed by atoms with E-state index >= 15 is 0 Å². The lowest BCUT2D eigenvalue weighted by Gasteiger charge is -2.60. The molecule has 0 radical (unpaired) electrons. The monoisotopic (exact) mass is 399 g/mol. The SMILES string of the molecule is CC1(C)COC2(CC[C@@]3(C)C(=CC[C@@H]4[C@@H]3CC[C@@]3(C)[C@H]4CC[C@@]3(O)C#N)C2)OC1. The van der Waals surface area contributed by atoms with Gasteiger partial charge in [-0.25, -0.2) is 0 Å². The van der Waals surface area contributed by atoms with Gasteiger partial charge in [0, 0.05) is 23.7 Å². The van der Waals surface area contributed by atoms with Crippen LogP contribution < -0.4 is 0 Å². The molecule has 1 spiro atoms. The molecule has 4 nitrogen and oxygen atoms in total. The van der Waals surface area contributed by atoms with Crippen molar-refractivity contribution in [3.05, 3.63) is 11.6 Å². The molecule has 1 aliphatic heterocycles. The van der Waals surface area contributed by atoms with Crippen molar-refractivity contribution in [1.82, 2.24) is 0 Å². The van der Waals surface area contributed by atoms with Crippen LogP contribution in [0.4, 0.5) is 0 Å². The fourth-order valence-corrected chi connectivity index (χ4v) is 7.79. The Morgan fingerprint density at radius 1 is 1.00 bits per heavy atom. The van der Waals surface area contributed by atoms with E-state index in [2.05, 4.69) is 39.8 Å². The predicted molar refractivity (Wildman–Crippen MR) is 111 cm³/mol. The minimum absolute atomic E-state index is 0.103. The van der Waals surface area contributed by atoms with Crippen molar-refractivity contribution in [1.29, 1.82) is 5.26 Å². The van der Waals surface area contributed by atoms with E-state index in [4.69, 9.17) is 9.47 Å². The van der Waals surface area contributed by atoms with Crippen LogP contribution in [-0.2, 0) is 9.47 Å². The number of hydrogen-bond acceptors (Lipinski definition) is 4. The van der Waals surface area contributed by atoms with Crippen LogP contribution in [0.3, 0.4) is 0 Å². The largest absolute Gasteiger partial charge is 0.375 e. The maximum atomic E-state index is 11.0. The zero-order chi connectivity index (χ0) is 20.7. The Morgan fingerprint density at radius 2 is 1.69 bits per heavy atom. The molecule has 29 heavy (non-hydrogen) atoms. The van der Waals surface area contributed by atoms with Crippen molar-refractivity contribution in [2.24, 2.45) is 34.0 Å². The van der Waals surface area contributed by atoms with Crippen LogP contribution >= 0.6 is 0 Å². The van der Waals surface area contributed by atoms with Crippen LogP contribution in [0, 0.1) is 45.3 Å². The van der Waals surface area contributed by atoms with Gasteiger partial charge in [-0.15, -0.1) is 0 Å². The van der Waals surface area contributed by atoms with Gasteiger partial charge in [0.15, 0.2) is 11.4 Å². The van der Waals surface area contributed by atoms with Crippen molar-refractivity contribution in [3.63, 3.8) is 0 Å². The van der Waals surface area contributed by atoms with Gasteiger partial charge in [0.25, 0.3) is 0 Å². The maximum Gasteiger partial charge on any atom is 0.172 e. The molecule has 4 fully saturated rings. The molecular formula is C25H37NO3. The predicted octanol–water partition coefficient (Wildman–Crippen LogP) is 4.97. The molecular weight excluding hydrogens is 362 g/mol. The summed E-state index contributed by atoms with van der Waals surface area (Å²) in [6.45, 7) is 10.6. The summed E-state index contributed by atoms with van der Waals surface area (Å²) in [7, 11) is 0. The van der Waals surface area contributed by atoms with Gasteiger partial charge in [-0.3, -0.25) is 0 Å². The minimum atomic E-state index is -1.14. The molecule has 1 N–H and O–H groups in total. The van der Waals surface area contributed by atoms with Gasteiger partial charge in [0.05, 0.1) is 19.3 Å². The number of nitriles is 1. The standard InChI is InChI=1S/C25H37NO3/c1-21(2)15-28-25(29-16-21)12-11-22(3)17(13-25)5-6-18-19(22)7-9-23(4)20(18)8-10-24(23,27)14-26/h5,18-20,27H,6-13,15-16H2,1-4H3/t18-,19+,20+,22+,23+,24-/m1/s1. The second kappa shape index (κ2) is 6.09. The summed E-state index contributed by atoms with van der Waals surface area (Å²) in [5.41, 5.74) is 0.471. The number of fused-ring (bicyclic) bond motifs is 5. The van der Waals surface area contributed by atoms with E-state index in [0.717, 1.165) is 58.2 Å². The molecule has 1 heterocycles. The van der Waals surface area contributed by atoms with E-state index in [1.807, 2.05) is 0 Å². The zero-order valence-electron chi connectivity index (χ0n) is 18.6. The first-order valence-electron chi connectivity index (χ1n) is 11.7. The summed E-state index contributed by atoms with van der Waals surface area (Å²) in [6, 6.07) is 2.29. The number of nitrogens with zero attached hydrogens (tertiary/aromatic N) is 1. The molecule has 5 aliphatic rings. The number of ether oxygens (including phenoxy) is 2. The summed E-state index contributed by atoms with van der Waals surface area (Å²) >= 11 is 0. The van der Waals surface area contributed by atoms with Crippen molar-refractivity contribution in [3.8, 4) is 6.07 Å². The molecule has 0 aromatic heterocycles.